The van der Waals surface area contributed by atoms with Crippen molar-refractivity contribution in [3.63, 3.8) is 0 Å². The smallest absolute Gasteiger partial charge is 0.416 e. The van der Waals surface area contributed by atoms with Crippen molar-refractivity contribution < 1.29 is 14.3 Å². The molecule has 0 aliphatic rings. The summed E-state index contributed by atoms with van der Waals surface area (Å²) in [6.45, 7) is 9.75. The molecule has 0 rings (SSSR count). The maximum atomic E-state index is 11.1. The van der Waals surface area contributed by atoms with Gasteiger partial charge in [-0.15, -0.1) is 0 Å². The van der Waals surface area contributed by atoms with Crippen LogP contribution in [0.1, 0.15) is 27.2 Å². The van der Waals surface area contributed by atoms with Crippen LogP contribution in [0, 0.1) is 5.41 Å². The summed E-state index contributed by atoms with van der Waals surface area (Å²) in [5, 5.41) is 0. The molecule has 0 aromatic rings. The number of ether oxygens (including phenoxy) is 1. The van der Waals surface area contributed by atoms with E-state index in [-0.39, 0.29) is 17.5 Å². The average molecular weight is 196 g/mol. The lowest BCUT2D eigenvalue weighted by molar-refractivity contribution is -0.137. The molecule has 4 heteroatoms. The van der Waals surface area contributed by atoms with Crippen LogP contribution < -0.4 is 0 Å². The van der Waals surface area contributed by atoms with Crippen molar-refractivity contribution in [2.45, 2.75) is 27.2 Å². The number of hydrogen-bond donors (Lipinski definition) is 0. The van der Waals surface area contributed by atoms with Gasteiger partial charge in [0.1, 0.15) is 0 Å². The zero-order valence-electron chi connectivity index (χ0n) is 9.13. The van der Waals surface area contributed by atoms with E-state index in [1.807, 2.05) is 20.8 Å². The Morgan fingerprint density at radius 3 is 2.29 bits per heavy atom. The second-order valence-corrected chi connectivity index (χ2v) is 4.07. The lowest BCUT2D eigenvalue weighted by atomic mass is 9.84. The van der Waals surface area contributed by atoms with Crippen LogP contribution in [0.5, 0.6) is 0 Å². The largest absolute Gasteiger partial charge is 0.460 e. The molecule has 0 N–H and O–H groups in total. The first kappa shape index (κ1) is 12.6. The number of nitrogens with zero attached hydrogens (tertiary/aromatic N) is 2. The van der Waals surface area contributed by atoms with Crippen LogP contribution in [0.15, 0.2) is 12.2 Å². The predicted molar refractivity (Wildman–Crippen MR) is 53.9 cm³/mol. The molecule has 0 fully saturated rings. The third-order valence-corrected chi connectivity index (χ3v) is 1.98. The number of methoxy groups -OCH3 is 1. The molecule has 0 unspecified atom stereocenters. The number of rotatable bonds is 3. The molecule has 0 aromatic heterocycles. The van der Waals surface area contributed by atoms with E-state index in [9.17, 15) is 4.79 Å². The van der Waals surface area contributed by atoms with Crippen LogP contribution in [-0.4, -0.2) is 23.6 Å². The van der Waals surface area contributed by atoms with Gasteiger partial charge in [0, 0.05) is 0 Å². The summed E-state index contributed by atoms with van der Waals surface area (Å²) in [5.74, 6) is -0.627. The van der Waals surface area contributed by atoms with E-state index in [1.165, 1.54) is 7.11 Å². The molecule has 0 saturated heterocycles. The Balaban J connectivity index is 4.60. The minimum atomic E-state index is -0.627. The second kappa shape index (κ2) is 4.72. The van der Waals surface area contributed by atoms with E-state index >= 15 is 0 Å². The molecule has 0 radical (unpaired) electrons. The fraction of sp³-hybridized carbons (Fsp3) is 0.600. The Morgan fingerprint density at radius 2 is 2.00 bits per heavy atom. The second-order valence-electron chi connectivity index (χ2n) is 4.07. The number of hydrogen-bond acceptors (Lipinski definition) is 2. The summed E-state index contributed by atoms with van der Waals surface area (Å²) in [5.41, 5.74) is 9.26. The molecule has 0 amide bonds. The normalized spacial score (nSPS) is 10.3. The van der Waals surface area contributed by atoms with E-state index in [1.54, 1.807) is 0 Å². The van der Waals surface area contributed by atoms with Gasteiger partial charge in [0.25, 0.3) is 0 Å². The zero-order chi connectivity index (χ0) is 11.4. The minimum Gasteiger partial charge on any atom is -0.460 e. The van der Waals surface area contributed by atoms with E-state index < -0.39 is 5.97 Å². The highest BCUT2D eigenvalue weighted by atomic mass is 16.5. The molecule has 0 heterocycles. The lowest BCUT2D eigenvalue weighted by Gasteiger charge is -2.19. The minimum absolute atomic E-state index is 0.0209. The Hall–Kier alpha value is -1.41. The van der Waals surface area contributed by atoms with Crippen LogP contribution in [0.3, 0.4) is 0 Å². The van der Waals surface area contributed by atoms with Crippen molar-refractivity contribution >= 4 is 11.7 Å². The summed E-state index contributed by atoms with van der Waals surface area (Å²) < 4.78 is 4.45. The molecule has 0 saturated carbocycles. The first-order valence-corrected chi connectivity index (χ1v) is 4.30. The summed E-state index contributed by atoms with van der Waals surface area (Å²) in [6, 6.07) is 0. The molecular formula is C10H16N2O2. The summed E-state index contributed by atoms with van der Waals surface area (Å²) >= 11 is 0. The lowest BCUT2D eigenvalue weighted by Crippen LogP contribution is -2.21. The highest BCUT2D eigenvalue weighted by molar-refractivity contribution is 6.34. The van der Waals surface area contributed by atoms with Crippen LogP contribution in [0.2, 0.25) is 0 Å². The highest BCUT2D eigenvalue weighted by Crippen LogP contribution is 2.26. The van der Waals surface area contributed by atoms with Gasteiger partial charge in [-0.05, 0) is 5.41 Å². The van der Waals surface area contributed by atoms with Gasteiger partial charge in [0.2, 0.25) is 0 Å². The molecule has 4 nitrogen and oxygen atoms in total. The van der Waals surface area contributed by atoms with Crippen molar-refractivity contribution in [1.82, 2.24) is 0 Å². The van der Waals surface area contributed by atoms with Crippen LogP contribution in [0.25, 0.3) is 5.53 Å². The maximum Gasteiger partial charge on any atom is 0.416 e. The van der Waals surface area contributed by atoms with Crippen LogP contribution in [0.4, 0.5) is 0 Å². The Kier molecular flexibility index (Phi) is 4.25. The Morgan fingerprint density at radius 1 is 1.50 bits per heavy atom. The van der Waals surface area contributed by atoms with Crippen molar-refractivity contribution in [2.75, 3.05) is 7.11 Å². The molecule has 78 valence electrons. The topological polar surface area (TPSA) is 62.7 Å². The summed E-state index contributed by atoms with van der Waals surface area (Å²) in [4.78, 5) is 13.9. The SMILES string of the molecule is C=C(CC(=[N+]=[N-])C(=O)OC)C(C)(C)C. The van der Waals surface area contributed by atoms with Gasteiger partial charge >= 0.3 is 11.7 Å². The van der Waals surface area contributed by atoms with Crippen LogP contribution in [-0.2, 0) is 9.53 Å². The average Bonchev–Trinajstić information content (AvgIpc) is 2.10. The molecule has 0 aromatic carbocycles. The highest BCUT2D eigenvalue weighted by Gasteiger charge is 2.26. The van der Waals surface area contributed by atoms with E-state index in [0.717, 1.165) is 5.57 Å². The van der Waals surface area contributed by atoms with E-state index in [2.05, 4.69) is 16.1 Å². The molecule has 0 bridgehead atoms. The maximum absolute atomic E-state index is 11.1. The first-order valence-electron chi connectivity index (χ1n) is 4.30. The molecule has 0 aliphatic heterocycles. The van der Waals surface area contributed by atoms with Gasteiger partial charge in [0.15, 0.2) is 0 Å². The van der Waals surface area contributed by atoms with Gasteiger partial charge in [-0.2, -0.15) is 4.79 Å². The number of allylic oxidation sites excluding steroid dienone is 1. The van der Waals surface area contributed by atoms with Crippen LogP contribution >= 0.6 is 0 Å². The quantitative estimate of drug-likeness (QED) is 0.227. The molecule has 0 atom stereocenters. The summed E-state index contributed by atoms with van der Waals surface area (Å²) in [7, 11) is 1.24. The summed E-state index contributed by atoms with van der Waals surface area (Å²) in [6.07, 6.45) is 0.229. The van der Waals surface area contributed by atoms with E-state index in [4.69, 9.17) is 5.53 Å². The van der Waals surface area contributed by atoms with Gasteiger partial charge in [0.05, 0.1) is 13.5 Å². The van der Waals surface area contributed by atoms with Crippen molar-refractivity contribution in [1.29, 1.82) is 0 Å². The third kappa shape index (κ3) is 3.54. The molecule has 14 heavy (non-hydrogen) atoms. The van der Waals surface area contributed by atoms with Gasteiger partial charge in [-0.3, -0.25) is 0 Å². The standard InChI is InChI=1S/C10H16N2O2/c1-7(10(2,3)4)6-8(12-11)9(13)14-5/h1,6H2,2-5H3. The number of carbonyl (C=O) groups excluding carboxylic acids is 1. The first-order chi connectivity index (χ1) is 6.32. The van der Waals surface area contributed by atoms with Crippen molar-refractivity contribution in [3.05, 3.63) is 17.7 Å². The fourth-order valence-corrected chi connectivity index (χ4v) is 0.733. The monoisotopic (exact) mass is 196 g/mol. The Bertz CT molecular complexity index is 294. The number of esters is 1. The predicted octanol–water partition coefficient (Wildman–Crippen LogP) is 1.82. The van der Waals surface area contributed by atoms with Crippen molar-refractivity contribution in [3.8, 4) is 0 Å². The van der Waals surface area contributed by atoms with Gasteiger partial charge in [-0.25, -0.2) is 4.79 Å². The van der Waals surface area contributed by atoms with Gasteiger partial charge in [-0.1, -0.05) is 32.9 Å². The Labute approximate surface area is 84.2 Å². The van der Waals surface area contributed by atoms with Crippen molar-refractivity contribution in [2.24, 2.45) is 5.41 Å². The van der Waals surface area contributed by atoms with E-state index in [0.29, 0.717) is 0 Å². The van der Waals surface area contributed by atoms with Gasteiger partial charge < -0.3 is 10.3 Å². The molecular weight excluding hydrogens is 180 g/mol. The number of carbonyl (C=O) groups is 1. The molecule has 0 spiro atoms. The fourth-order valence-electron chi connectivity index (χ4n) is 0.733. The molecule has 0 aliphatic carbocycles. The third-order valence-electron chi connectivity index (χ3n) is 1.98. The zero-order valence-corrected chi connectivity index (χ0v) is 9.13.